The van der Waals surface area contributed by atoms with E-state index in [1.165, 1.54) is 6.42 Å². The molecule has 1 aliphatic rings. The third-order valence-corrected chi connectivity index (χ3v) is 4.70. The minimum atomic E-state index is 0.273. The predicted molar refractivity (Wildman–Crippen MR) is 74.7 cm³/mol. The Morgan fingerprint density at radius 1 is 1.58 bits per heavy atom. The summed E-state index contributed by atoms with van der Waals surface area (Å²) in [5.41, 5.74) is 1.06. The van der Waals surface area contributed by atoms with Crippen LogP contribution in [0.3, 0.4) is 0 Å². The van der Waals surface area contributed by atoms with Crippen LogP contribution in [0.25, 0.3) is 4.96 Å². The second-order valence-electron chi connectivity index (χ2n) is 4.98. The molecule has 1 fully saturated rings. The maximum Gasteiger partial charge on any atom is 0.237 e. The smallest absolute Gasteiger partial charge is 0.237 e. The average Bonchev–Trinajstić information content (AvgIpc) is 3.11. The third-order valence-electron chi connectivity index (χ3n) is 3.94. The van der Waals surface area contributed by atoms with Crippen molar-refractivity contribution in [3.05, 3.63) is 17.3 Å². The van der Waals surface area contributed by atoms with Gasteiger partial charge in [-0.1, -0.05) is 6.42 Å². The number of nitrogens with zero attached hydrogens (tertiary/aromatic N) is 2. The van der Waals surface area contributed by atoms with Crippen molar-refractivity contribution in [3.63, 3.8) is 0 Å². The van der Waals surface area contributed by atoms with E-state index < -0.39 is 0 Å². The van der Waals surface area contributed by atoms with Crippen LogP contribution < -0.4 is 10.1 Å². The van der Waals surface area contributed by atoms with Crippen molar-refractivity contribution in [1.82, 2.24) is 14.7 Å². The highest BCUT2D eigenvalue weighted by Gasteiger charge is 2.26. The molecule has 3 rings (SSSR count). The SMILES string of the molecule is COc1nc2sccn2c1CNC1CCCC1CO. The fraction of sp³-hybridized carbons (Fsp3) is 0.615. The Morgan fingerprint density at radius 2 is 2.47 bits per heavy atom. The number of aliphatic hydroxyl groups is 1. The van der Waals surface area contributed by atoms with Crippen molar-refractivity contribution in [2.24, 2.45) is 5.92 Å². The number of thiazole rings is 1. The Hall–Kier alpha value is -1.11. The quantitative estimate of drug-likeness (QED) is 0.875. The molecule has 2 aromatic heterocycles. The van der Waals surface area contributed by atoms with E-state index in [4.69, 9.17) is 4.74 Å². The van der Waals surface area contributed by atoms with Crippen LogP contribution in [0.5, 0.6) is 5.88 Å². The van der Waals surface area contributed by atoms with Crippen LogP contribution in [-0.2, 0) is 6.54 Å². The van der Waals surface area contributed by atoms with E-state index in [2.05, 4.69) is 14.7 Å². The molecule has 2 N–H and O–H groups in total. The van der Waals surface area contributed by atoms with E-state index >= 15 is 0 Å². The predicted octanol–water partition coefficient (Wildman–Crippen LogP) is 1.66. The summed E-state index contributed by atoms with van der Waals surface area (Å²) in [6, 6.07) is 0.402. The fourth-order valence-corrected chi connectivity index (χ4v) is 3.61. The summed E-state index contributed by atoms with van der Waals surface area (Å²) in [6.07, 6.45) is 5.47. The number of fused-ring (bicyclic) bond motifs is 1. The molecule has 0 aromatic carbocycles. The van der Waals surface area contributed by atoms with Crippen LogP contribution >= 0.6 is 11.3 Å². The highest BCUT2D eigenvalue weighted by molar-refractivity contribution is 7.15. The second-order valence-corrected chi connectivity index (χ2v) is 5.86. The highest BCUT2D eigenvalue weighted by atomic mass is 32.1. The van der Waals surface area contributed by atoms with Crippen molar-refractivity contribution >= 4 is 16.3 Å². The Kier molecular flexibility index (Phi) is 3.72. The van der Waals surface area contributed by atoms with Gasteiger partial charge in [-0.2, -0.15) is 4.98 Å². The maximum absolute atomic E-state index is 9.35. The first-order chi connectivity index (χ1) is 9.33. The summed E-state index contributed by atoms with van der Waals surface area (Å²) < 4.78 is 7.41. The zero-order chi connectivity index (χ0) is 13.2. The molecule has 19 heavy (non-hydrogen) atoms. The summed E-state index contributed by atoms with van der Waals surface area (Å²) in [6.45, 7) is 0.997. The largest absolute Gasteiger partial charge is 0.480 e. The van der Waals surface area contributed by atoms with E-state index in [1.54, 1.807) is 18.4 Å². The zero-order valence-corrected chi connectivity index (χ0v) is 11.8. The lowest BCUT2D eigenvalue weighted by Gasteiger charge is -2.18. The molecule has 1 saturated carbocycles. The average molecular weight is 281 g/mol. The lowest BCUT2D eigenvalue weighted by Crippen LogP contribution is -2.33. The van der Waals surface area contributed by atoms with E-state index in [9.17, 15) is 5.11 Å². The van der Waals surface area contributed by atoms with Gasteiger partial charge >= 0.3 is 0 Å². The highest BCUT2D eigenvalue weighted by Crippen LogP contribution is 2.27. The molecule has 2 heterocycles. The number of nitrogens with one attached hydrogen (secondary N) is 1. The van der Waals surface area contributed by atoms with Crippen LogP contribution in [0.2, 0.25) is 0 Å². The van der Waals surface area contributed by atoms with E-state index in [0.717, 1.165) is 30.0 Å². The van der Waals surface area contributed by atoms with Gasteiger partial charge in [-0.3, -0.25) is 4.40 Å². The Labute approximate surface area is 116 Å². The van der Waals surface area contributed by atoms with Gasteiger partial charge in [0.25, 0.3) is 0 Å². The van der Waals surface area contributed by atoms with Crippen molar-refractivity contribution in [2.45, 2.75) is 31.8 Å². The number of aliphatic hydroxyl groups excluding tert-OH is 1. The van der Waals surface area contributed by atoms with Gasteiger partial charge < -0.3 is 15.2 Å². The van der Waals surface area contributed by atoms with Crippen molar-refractivity contribution in [1.29, 1.82) is 0 Å². The standard InChI is InChI=1S/C13H19N3O2S/c1-18-12-11(16-5-6-19-13(16)15-12)7-14-10-4-2-3-9(10)8-17/h5-6,9-10,14,17H,2-4,7-8H2,1H3. The molecule has 6 heteroatoms. The molecule has 5 nitrogen and oxygen atoms in total. The fourth-order valence-electron chi connectivity index (χ4n) is 2.89. The number of ether oxygens (including phenoxy) is 1. The Bertz CT molecular complexity index is 551. The summed E-state index contributed by atoms with van der Waals surface area (Å²) in [5.74, 6) is 1.08. The lowest BCUT2D eigenvalue weighted by molar-refractivity contribution is 0.204. The minimum absolute atomic E-state index is 0.273. The molecule has 0 radical (unpaired) electrons. The van der Waals surface area contributed by atoms with Crippen LogP contribution in [0.15, 0.2) is 11.6 Å². The monoisotopic (exact) mass is 281 g/mol. The summed E-state index contributed by atoms with van der Waals surface area (Å²) in [7, 11) is 1.65. The number of hydrogen-bond acceptors (Lipinski definition) is 5. The molecule has 2 aromatic rings. The first-order valence-electron chi connectivity index (χ1n) is 6.66. The molecule has 0 saturated heterocycles. The van der Waals surface area contributed by atoms with Gasteiger partial charge in [-0.25, -0.2) is 0 Å². The van der Waals surface area contributed by atoms with E-state index in [-0.39, 0.29) is 6.61 Å². The van der Waals surface area contributed by atoms with Gasteiger partial charge in [0, 0.05) is 30.8 Å². The van der Waals surface area contributed by atoms with Crippen molar-refractivity contribution in [2.75, 3.05) is 13.7 Å². The zero-order valence-electron chi connectivity index (χ0n) is 11.0. The molecule has 104 valence electrons. The topological polar surface area (TPSA) is 58.8 Å². The van der Waals surface area contributed by atoms with Gasteiger partial charge in [-0.05, 0) is 18.8 Å². The second kappa shape index (κ2) is 5.48. The van der Waals surface area contributed by atoms with Crippen molar-refractivity contribution in [3.8, 4) is 5.88 Å². The molecule has 2 atom stereocenters. The lowest BCUT2D eigenvalue weighted by atomic mass is 10.1. The Balaban J connectivity index is 1.75. The summed E-state index contributed by atoms with van der Waals surface area (Å²) >= 11 is 1.60. The summed E-state index contributed by atoms with van der Waals surface area (Å²) in [4.78, 5) is 5.40. The number of imidazole rings is 1. The van der Waals surface area contributed by atoms with Crippen LogP contribution in [-0.4, -0.2) is 34.2 Å². The molecule has 0 amide bonds. The number of hydrogen-bond donors (Lipinski definition) is 2. The number of rotatable bonds is 5. The molecule has 1 aliphatic carbocycles. The molecule has 0 spiro atoms. The number of methoxy groups -OCH3 is 1. The normalized spacial score (nSPS) is 23.3. The number of aromatic nitrogens is 2. The van der Waals surface area contributed by atoms with Crippen LogP contribution in [0, 0.1) is 5.92 Å². The first kappa shape index (κ1) is 12.9. The van der Waals surface area contributed by atoms with Gasteiger partial charge in [0.15, 0.2) is 4.96 Å². The van der Waals surface area contributed by atoms with Gasteiger partial charge in [0.05, 0.1) is 7.11 Å². The molecular formula is C13H19N3O2S. The van der Waals surface area contributed by atoms with Crippen molar-refractivity contribution < 1.29 is 9.84 Å². The maximum atomic E-state index is 9.35. The van der Waals surface area contributed by atoms with Gasteiger partial charge in [0.1, 0.15) is 5.69 Å². The van der Waals surface area contributed by atoms with Crippen LogP contribution in [0.4, 0.5) is 0 Å². The van der Waals surface area contributed by atoms with Crippen LogP contribution in [0.1, 0.15) is 25.0 Å². The Morgan fingerprint density at radius 3 is 3.26 bits per heavy atom. The van der Waals surface area contributed by atoms with Gasteiger partial charge in [0.2, 0.25) is 5.88 Å². The van der Waals surface area contributed by atoms with E-state index in [1.807, 2.05) is 11.6 Å². The third kappa shape index (κ3) is 2.35. The molecule has 0 aliphatic heterocycles. The minimum Gasteiger partial charge on any atom is -0.480 e. The molecule has 2 unspecified atom stereocenters. The molecular weight excluding hydrogens is 262 g/mol. The van der Waals surface area contributed by atoms with Gasteiger partial charge in [-0.15, -0.1) is 11.3 Å². The first-order valence-corrected chi connectivity index (χ1v) is 7.54. The summed E-state index contributed by atoms with van der Waals surface area (Å²) in [5, 5.41) is 14.9. The molecule has 0 bridgehead atoms. The van der Waals surface area contributed by atoms with E-state index in [0.29, 0.717) is 17.8 Å².